The maximum atomic E-state index is 4.28. The van der Waals surface area contributed by atoms with Gasteiger partial charge in [-0.3, -0.25) is 9.97 Å². The first kappa shape index (κ1) is 11.5. The van der Waals surface area contributed by atoms with E-state index in [4.69, 9.17) is 0 Å². The average Bonchev–Trinajstić information content (AvgIpc) is 2.38. The van der Waals surface area contributed by atoms with E-state index in [1.165, 1.54) is 32.1 Å². The third kappa shape index (κ3) is 3.27. The van der Waals surface area contributed by atoms with Gasteiger partial charge in [-0.15, -0.1) is 0 Å². The van der Waals surface area contributed by atoms with E-state index >= 15 is 0 Å². The van der Waals surface area contributed by atoms with Crippen molar-refractivity contribution < 1.29 is 0 Å². The van der Waals surface area contributed by atoms with Gasteiger partial charge in [0.15, 0.2) is 0 Å². The van der Waals surface area contributed by atoms with Crippen molar-refractivity contribution in [1.82, 2.24) is 15.3 Å². The van der Waals surface area contributed by atoms with Crippen LogP contribution in [0.15, 0.2) is 18.6 Å². The molecule has 1 aromatic heterocycles. The third-order valence-electron chi connectivity index (χ3n) is 3.55. The highest BCUT2D eigenvalue weighted by Gasteiger charge is 2.19. The van der Waals surface area contributed by atoms with Crippen molar-refractivity contribution in [2.75, 3.05) is 0 Å². The minimum atomic E-state index is 0.681. The highest BCUT2D eigenvalue weighted by molar-refractivity contribution is 4.94. The summed E-state index contributed by atoms with van der Waals surface area (Å²) in [7, 11) is 0. The molecule has 3 heteroatoms. The Morgan fingerprint density at radius 1 is 1.38 bits per heavy atom. The van der Waals surface area contributed by atoms with Gasteiger partial charge >= 0.3 is 0 Å². The molecule has 0 bridgehead atoms. The molecule has 2 rings (SSSR count). The van der Waals surface area contributed by atoms with Gasteiger partial charge in [-0.1, -0.05) is 26.2 Å². The van der Waals surface area contributed by atoms with Gasteiger partial charge in [0.05, 0.1) is 5.69 Å². The van der Waals surface area contributed by atoms with Crippen LogP contribution in [-0.2, 0) is 6.54 Å². The molecule has 1 aliphatic carbocycles. The molecule has 1 fully saturated rings. The van der Waals surface area contributed by atoms with Crippen LogP contribution in [-0.4, -0.2) is 16.0 Å². The predicted molar refractivity (Wildman–Crippen MR) is 64.9 cm³/mol. The van der Waals surface area contributed by atoms with Crippen molar-refractivity contribution in [3.8, 4) is 0 Å². The van der Waals surface area contributed by atoms with Crippen molar-refractivity contribution in [3.63, 3.8) is 0 Å². The zero-order valence-electron chi connectivity index (χ0n) is 10.0. The molecule has 0 radical (unpaired) electrons. The lowest BCUT2D eigenvalue weighted by molar-refractivity contribution is 0.277. The fourth-order valence-corrected chi connectivity index (χ4v) is 2.52. The average molecular weight is 219 g/mol. The first-order valence-electron chi connectivity index (χ1n) is 6.36. The molecule has 0 aromatic carbocycles. The Balaban J connectivity index is 1.77. The highest BCUT2D eigenvalue weighted by Crippen LogP contribution is 2.26. The molecule has 0 amide bonds. The second-order valence-electron chi connectivity index (χ2n) is 4.72. The Bertz CT molecular complexity index is 299. The molecule has 0 spiro atoms. The van der Waals surface area contributed by atoms with Crippen LogP contribution in [0.5, 0.6) is 0 Å². The van der Waals surface area contributed by atoms with E-state index < -0.39 is 0 Å². The standard InChI is InChI=1S/C13H21N3/c1-2-11-4-3-5-12(8-11)16-10-13-9-14-6-7-15-13/h6-7,9,11-12,16H,2-5,8,10H2,1H3. The van der Waals surface area contributed by atoms with Crippen molar-refractivity contribution in [3.05, 3.63) is 24.3 Å². The summed E-state index contributed by atoms with van der Waals surface area (Å²) in [6, 6.07) is 0.681. The minimum Gasteiger partial charge on any atom is -0.308 e. The normalized spacial score (nSPS) is 25.6. The van der Waals surface area contributed by atoms with Crippen LogP contribution in [0.1, 0.15) is 44.7 Å². The summed E-state index contributed by atoms with van der Waals surface area (Å²) < 4.78 is 0. The van der Waals surface area contributed by atoms with Gasteiger partial charge in [-0.05, 0) is 18.8 Å². The van der Waals surface area contributed by atoms with Crippen LogP contribution in [0.3, 0.4) is 0 Å². The fourth-order valence-electron chi connectivity index (χ4n) is 2.52. The first-order valence-corrected chi connectivity index (χ1v) is 6.36. The van der Waals surface area contributed by atoms with E-state index in [9.17, 15) is 0 Å². The molecule has 16 heavy (non-hydrogen) atoms. The Hall–Kier alpha value is -0.960. The summed E-state index contributed by atoms with van der Waals surface area (Å²) in [6.45, 7) is 3.16. The third-order valence-corrected chi connectivity index (χ3v) is 3.55. The largest absolute Gasteiger partial charge is 0.308 e. The lowest BCUT2D eigenvalue weighted by Gasteiger charge is -2.29. The van der Waals surface area contributed by atoms with Crippen LogP contribution < -0.4 is 5.32 Å². The molecule has 1 N–H and O–H groups in total. The molecule has 1 aliphatic rings. The Morgan fingerprint density at radius 3 is 3.06 bits per heavy atom. The summed E-state index contributed by atoms with van der Waals surface area (Å²) >= 11 is 0. The van der Waals surface area contributed by atoms with Crippen LogP contribution in [0.4, 0.5) is 0 Å². The van der Waals surface area contributed by atoms with Gasteiger partial charge in [0.2, 0.25) is 0 Å². The number of nitrogens with one attached hydrogen (secondary N) is 1. The maximum Gasteiger partial charge on any atom is 0.0724 e. The van der Waals surface area contributed by atoms with Crippen molar-refractivity contribution in [2.45, 2.75) is 51.6 Å². The molecule has 2 atom stereocenters. The molecule has 0 aliphatic heterocycles. The van der Waals surface area contributed by atoms with Crippen LogP contribution in [0.2, 0.25) is 0 Å². The summed E-state index contributed by atoms with van der Waals surface area (Å²) in [5, 5.41) is 3.60. The minimum absolute atomic E-state index is 0.681. The van der Waals surface area contributed by atoms with Gasteiger partial charge in [0.1, 0.15) is 0 Å². The molecule has 3 nitrogen and oxygen atoms in total. The molecular formula is C13H21N3. The monoisotopic (exact) mass is 219 g/mol. The van der Waals surface area contributed by atoms with E-state index in [1.54, 1.807) is 12.4 Å². The summed E-state index contributed by atoms with van der Waals surface area (Å²) in [4.78, 5) is 8.35. The van der Waals surface area contributed by atoms with Crippen molar-refractivity contribution in [2.24, 2.45) is 5.92 Å². The molecule has 1 aromatic rings. The zero-order valence-corrected chi connectivity index (χ0v) is 10.0. The number of nitrogens with zero attached hydrogens (tertiary/aromatic N) is 2. The van der Waals surface area contributed by atoms with Gasteiger partial charge in [-0.2, -0.15) is 0 Å². The zero-order chi connectivity index (χ0) is 11.2. The van der Waals surface area contributed by atoms with E-state index in [0.29, 0.717) is 6.04 Å². The van der Waals surface area contributed by atoms with Gasteiger partial charge < -0.3 is 5.32 Å². The second-order valence-corrected chi connectivity index (χ2v) is 4.72. The highest BCUT2D eigenvalue weighted by atomic mass is 14.9. The lowest BCUT2D eigenvalue weighted by atomic mass is 9.84. The summed E-state index contributed by atoms with van der Waals surface area (Å²) in [5.41, 5.74) is 1.04. The molecule has 88 valence electrons. The second kappa shape index (κ2) is 5.94. The van der Waals surface area contributed by atoms with E-state index in [1.807, 2.05) is 6.20 Å². The molecule has 0 saturated heterocycles. The Kier molecular flexibility index (Phi) is 4.28. The number of aromatic nitrogens is 2. The molecular weight excluding hydrogens is 198 g/mol. The topological polar surface area (TPSA) is 37.8 Å². The molecule has 1 heterocycles. The van der Waals surface area contributed by atoms with Gasteiger partial charge in [0.25, 0.3) is 0 Å². The Labute approximate surface area is 97.7 Å². The van der Waals surface area contributed by atoms with Gasteiger partial charge in [0, 0.05) is 31.2 Å². The van der Waals surface area contributed by atoms with Crippen LogP contribution in [0, 0.1) is 5.92 Å². The van der Waals surface area contributed by atoms with E-state index in [0.717, 1.165) is 18.2 Å². The SMILES string of the molecule is CCC1CCCC(NCc2cnccn2)C1. The van der Waals surface area contributed by atoms with Gasteiger partial charge in [-0.25, -0.2) is 0 Å². The lowest BCUT2D eigenvalue weighted by Crippen LogP contribution is -2.33. The van der Waals surface area contributed by atoms with E-state index in [2.05, 4.69) is 22.2 Å². The smallest absolute Gasteiger partial charge is 0.0724 e. The number of hydrogen-bond acceptors (Lipinski definition) is 3. The number of hydrogen-bond donors (Lipinski definition) is 1. The molecule has 1 saturated carbocycles. The van der Waals surface area contributed by atoms with E-state index in [-0.39, 0.29) is 0 Å². The Morgan fingerprint density at radius 2 is 2.31 bits per heavy atom. The number of rotatable bonds is 4. The summed E-state index contributed by atoms with van der Waals surface area (Å²) in [6.07, 6.45) is 12.1. The van der Waals surface area contributed by atoms with Crippen molar-refractivity contribution >= 4 is 0 Å². The van der Waals surface area contributed by atoms with Crippen LogP contribution >= 0.6 is 0 Å². The quantitative estimate of drug-likeness (QED) is 0.845. The van der Waals surface area contributed by atoms with Crippen molar-refractivity contribution in [1.29, 1.82) is 0 Å². The maximum absolute atomic E-state index is 4.28. The summed E-state index contributed by atoms with van der Waals surface area (Å²) in [5.74, 6) is 0.924. The van der Waals surface area contributed by atoms with Crippen LogP contribution in [0.25, 0.3) is 0 Å². The predicted octanol–water partition coefficient (Wildman–Crippen LogP) is 2.54. The fraction of sp³-hybridized carbons (Fsp3) is 0.692. The molecule has 2 unspecified atom stereocenters. The first-order chi connectivity index (χ1) is 7.88.